The monoisotopic (exact) mass is 267 g/mol. The van der Waals surface area contributed by atoms with E-state index in [1.807, 2.05) is 0 Å². The molecule has 0 aliphatic rings. The molecular weight excluding hydrogens is 250 g/mol. The maximum Gasteiger partial charge on any atom is 0.305 e. The largest absolute Gasteiger partial charge is 0.493 e. The van der Waals surface area contributed by atoms with Crippen molar-refractivity contribution >= 4 is 11.7 Å². The Hall–Kier alpha value is -2.11. The molecule has 0 aliphatic heterocycles. The molecular formula is C13H17NO5. The van der Waals surface area contributed by atoms with E-state index >= 15 is 0 Å². The first-order chi connectivity index (χ1) is 9.04. The Labute approximate surface area is 111 Å². The van der Waals surface area contributed by atoms with E-state index in [2.05, 4.69) is 4.74 Å². The van der Waals surface area contributed by atoms with Crippen molar-refractivity contribution in [2.24, 2.45) is 0 Å². The molecule has 1 rings (SSSR count). The van der Waals surface area contributed by atoms with E-state index in [9.17, 15) is 14.9 Å². The molecule has 0 unspecified atom stereocenters. The highest BCUT2D eigenvalue weighted by Gasteiger charge is 2.11. The third-order valence-corrected chi connectivity index (χ3v) is 2.65. The Kier molecular flexibility index (Phi) is 5.78. The van der Waals surface area contributed by atoms with Crippen molar-refractivity contribution in [3.63, 3.8) is 0 Å². The van der Waals surface area contributed by atoms with Gasteiger partial charge in [0.25, 0.3) is 5.69 Å². The van der Waals surface area contributed by atoms with Crippen LogP contribution in [0.1, 0.15) is 24.8 Å². The lowest BCUT2D eigenvalue weighted by atomic mass is 10.2. The van der Waals surface area contributed by atoms with E-state index in [1.54, 1.807) is 19.1 Å². The van der Waals surface area contributed by atoms with Gasteiger partial charge in [-0.3, -0.25) is 14.9 Å². The van der Waals surface area contributed by atoms with Crippen molar-refractivity contribution in [2.45, 2.75) is 26.2 Å². The van der Waals surface area contributed by atoms with Crippen LogP contribution in [-0.2, 0) is 9.53 Å². The van der Waals surface area contributed by atoms with Gasteiger partial charge < -0.3 is 9.47 Å². The Bertz CT molecular complexity index is 458. The number of esters is 1. The van der Waals surface area contributed by atoms with Crippen LogP contribution < -0.4 is 4.74 Å². The van der Waals surface area contributed by atoms with Crippen LogP contribution in [0.15, 0.2) is 18.2 Å². The van der Waals surface area contributed by atoms with Crippen LogP contribution in [0.4, 0.5) is 5.69 Å². The van der Waals surface area contributed by atoms with Gasteiger partial charge in [-0.1, -0.05) is 0 Å². The Morgan fingerprint density at radius 2 is 2.11 bits per heavy atom. The van der Waals surface area contributed by atoms with E-state index in [1.165, 1.54) is 13.2 Å². The van der Waals surface area contributed by atoms with Gasteiger partial charge in [0, 0.05) is 12.0 Å². The summed E-state index contributed by atoms with van der Waals surface area (Å²) in [6.07, 6.45) is 1.71. The maximum absolute atomic E-state index is 10.9. The van der Waals surface area contributed by atoms with E-state index in [0.29, 0.717) is 37.2 Å². The summed E-state index contributed by atoms with van der Waals surface area (Å²) in [6, 6.07) is 4.76. The number of benzene rings is 1. The number of hydrogen-bond acceptors (Lipinski definition) is 5. The molecule has 0 spiro atoms. The topological polar surface area (TPSA) is 78.7 Å². The number of nitro groups is 1. The number of nitro benzene ring substituents is 1. The predicted octanol–water partition coefficient (Wildman–Crippen LogP) is 2.63. The van der Waals surface area contributed by atoms with E-state index in [4.69, 9.17) is 4.74 Å². The molecule has 0 saturated carbocycles. The van der Waals surface area contributed by atoms with Gasteiger partial charge in [-0.15, -0.1) is 0 Å². The number of unbranched alkanes of at least 4 members (excludes halogenated alkanes) is 1. The Morgan fingerprint density at radius 3 is 2.74 bits per heavy atom. The van der Waals surface area contributed by atoms with Crippen molar-refractivity contribution in [1.82, 2.24) is 0 Å². The smallest absolute Gasteiger partial charge is 0.305 e. The quantitative estimate of drug-likeness (QED) is 0.328. The van der Waals surface area contributed by atoms with Gasteiger partial charge in [0.2, 0.25) is 0 Å². The van der Waals surface area contributed by atoms with Gasteiger partial charge in [-0.05, 0) is 31.9 Å². The summed E-state index contributed by atoms with van der Waals surface area (Å²) >= 11 is 0. The molecule has 0 aromatic heterocycles. The summed E-state index contributed by atoms with van der Waals surface area (Å²) in [5, 5.41) is 10.8. The van der Waals surface area contributed by atoms with Gasteiger partial charge >= 0.3 is 5.97 Å². The van der Waals surface area contributed by atoms with E-state index in [0.717, 1.165) is 0 Å². The van der Waals surface area contributed by atoms with E-state index < -0.39 is 4.92 Å². The lowest BCUT2D eigenvalue weighted by Gasteiger charge is -2.06. The predicted molar refractivity (Wildman–Crippen MR) is 69.2 cm³/mol. The van der Waals surface area contributed by atoms with Crippen molar-refractivity contribution in [3.05, 3.63) is 33.9 Å². The Balaban J connectivity index is 2.40. The zero-order chi connectivity index (χ0) is 14.3. The molecule has 0 heterocycles. The molecule has 1 aromatic carbocycles. The first-order valence-electron chi connectivity index (χ1n) is 5.99. The number of methoxy groups -OCH3 is 1. The van der Waals surface area contributed by atoms with Crippen molar-refractivity contribution in [2.75, 3.05) is 13.7 Å². The number of carbonyl (C=O) groups excluding carboxylic acids is 1. The molecule has 0 radical (unpaired) electrons. The first kappa shape index (κ1) is 14.9. The third-order valence-electron chi connectivity index (χ3n) is 2.65. The first-order valence-corrected chi connectivity index (χ1v) is 5.99. The number of carbonyl (C=O) groups is 1. The highest BCUT2D eigenvalue weighted by molar-refractivity contribution is 5.68. The third kappa shape index (κ3) is 4.95. The van der Waals surface area contributed by atoms with Crippen molar-refractivity contribution < 1.29 is 19.2 Å². The van der Waals surface area contributed by atoms with Gasteiger partial charge in [0.15, 0.2) is 0 Å². The summed E-state index contributed by atoms with van der Waals surface area (Å²) in [5.41, 5.74) is 0.648. The van der Waals surface area contributed by atoms with Crippen LogP contribution in [0.3, 0.4) is 0 Å². The molecule has 0 aliphatic carbocycles. The fourth-order valence-corrected chi connectivity index (χ4v) is 1.54. The fraction of sp³-hybridized carbons (Fsp3) is 0.462. The minimum atomic E-state index is -0.431. The van der Waals surface area contributed by atoms with E-state index in [-0.39, 0.29) is 11.7 Å². The minimum Gasteiger partial charge on any atom is -0.493 e. The molecule has 0 atom stereocenters. The zero-order valence-corrected chi connectivity index (χ0v) is 11.0. The Morgan fingerprint density at radius 1 is 1.37 bits per heavy atom. The molecule has 0 N–H and O–H groups in total. The van der Waals surface area contributed by atoms with Crippen LogP contribution in [0.2, 0.25) is 0 Å². The number of hydrogen-bond donors (Lipinski definition) is 0. The molecule has 0 bridgehead atoms. The zero-order valence-electron chi connectivity index (χ0n) is 11.0. The van der Waals surface area contributed by atoms with Crippen LogP contribution in [0.5, 0.6) is 5.75 Å². The lowest BCUT2D eigenvalue weighted by Crippen LogP contribution is -2.03. The summed E-state index contributed by atoms with van der Waals surface area (Å²) in [7, 11) is 1.35. The van der Waals surface area contributed by atoms with Gasteiger partial charge in [0.05, 0.1) is 24.7 Å². The molecule has 19 heavy (non-hydrogen) atoms. The summed E-state index contributed by atoms with van der Waals surface area (Å²) in [5.74, 6) is 0.223. The second-order valence-corrected chi connectivity index (χ2v) is 4.09. The molecule has 0 amide bonds. The molecule has 6 heteroatoms. The fourth-order valence-electron chi connectivity index (χ4n) is 1.54. The number of ether oxygens (including phenoxy) is 2. The second kappa shape index (κ2) is 7.35. The lowest BCUT2D eigenvalue weighted by molar-refractivity contribution is -0.385. The van der Waals surface area contributed by atoms with Gasteiger partial charge in [0.1, 0.15) is 5.75 Å². The molecule has 0 saturated heterocycles. The number of nitrogens with zero attached hydrogens (tertiary/aromatic N) is 1. The summed E-state index contributed by atoms with van der Waals surface area (Å²) in [4.78, 5) is 21.2. The summed E-state index contributed by atoms with van der Waals surface area (Å²) < 4.78 is 9.93. The molecule has 1 aromatic rings. The van der Waals surface area contributed by atoms with Crippen molar-refractivity contribution in [3.8, 4) is 5.75 Å². The van der Waals surface area contributed by atoms with Gasteiger partial charge in [-0.25, -0.2) is 0 Å². The molecule has 0 fully saturated rings. The van der Waals surface area contributed by atoms with Crippen LogP contribution in [-0.4, -0.2) is 24.6 Å². The molecule has 6 nitrogen and oxygen atoms in total. The highest BCUT2D eigenvalue weighted by atomic mass is 16.6. The van der Waals surface area contributed by atoms with Crippen LogP contribution in [0, 0.1) is 17.0 Å². The van der Waals surface area contributed by atoms with Gasteiger partial charge in [-0.2, -0.15) is 0 Å². The highest BCUT2D eigenvalue weighted by Crippen LogP contribution is 2.23. The average Bonchev–Trinajstić information content (AvgIpc) is 2.39. The van der Waals surface area contributed by atoms with Crippen molar-refractivity contribution in [1.29, 1.82) is 0 Å². The number of aryl methyl sites for hydroxylation is 1. The molecule has 104 valence electrons. The summed E-state index contributed by atoms with van der Waals surface area (Å²) in [6.45, 7) is 2.09. The van der Waals surface area contributed by atoms with Crippen LogP contribution >= 0.6 is 0 Å². The second-order valence-electron chi connectivity index (χ2n) is 4.09. The number of rotatable bonds is 7. The minimum absolute atomic E-state index is 0.0482. The maximum atomic E-state index is 10.9. The van der Waals surface area contributed by atoms with Crippen LogP contribution in [0.25, 0.3) is 0 Å². The SMILES string of the molecule is COC(=O)CCCCOc1ccc(C)c([N+](=O)[O-])c1. The average molecular weight is 267 g/mol. The standard InChI is InChI=1S/C13H17NO5/c1-10-6-7-11(9-12(10)14(16)17)19-8-4-3-5-13(15)18-2/h6-7,9H,3-5,8H2,1-2H3. The normalized spacial score (nSPS) is 10.0.